The highest BCUT2D eigenvalue weighted by Gasteiger charge is 2.13. The van der Waals surface area contributed by atoms with Crippen LogP contribution in [0.1, 0.15) is 19.8 Å². The summed E-state index contributed by atoms with van der Waals surface area (Å²) >= 11 is 1.79. The minimum absolute atomic E-state index is 0.391. The second-order valence-electron chi connectivity index (χ2n) is 6.06. The molecule has 1 heterocycles. The molecule has 0 unspecified atom stereocenters. The Morgan fingerprint density at radius 2 is 1.72 bits per heavy atom. The molecule has 0 bridgehead atoms. The molecule has 0 spiro atoms. The van der Waals surface area contributed by atoms with E-state index in [1.165, 1.54) is 20.2 Å². The van der Waals surface area contributed by atoms with E-state index in [1.807, 2.05) is 18.2 Å². The van der Waals surface area contributed by atoms with Crippen molar-refractivity contribution in [2.24, 2.45) is 0 Å². The van der Waals surface area contributed by atoms with Gasteiger partial charge in [-0.05, 0) is 18.6 Å². The molecule has 1 amide bonds. The van der Waals surface area contributed by atoms with E-state index < -0.39 is 6.09 Å². The van der Waals surface area contributed by atoms with Gasteiger partial charge in [-0.15, -0.1) is 11.3 Å². The summed E-state index contributed by atoms with van der Waals surface area (Å²) in [5.74, 6) is 0. The van der Waals surface area contributed by atoms with Crippen LogP contribution in [-0.4, -0.2) is 12.7 Å². The van der Waals surface area contributed by atoms with Crippen molar-refractivity contribution in [1.82, 2.24) is 0 Å². The number of rotatable bonds is 4. The number of hydrogen-bond acceptors (Lipinski definition) is 3. The average Bonchev–Trinajstić information content (AvgIpc) is 3.01. The van der Waals surface area contributed by atoms with Gasteiger partial charge in [0.1, 0.15) is 0 Å². The Bertz CT molecular complexity index is 1070. The van der Waals surface area contributed by atoms with E-state index in [2.05, 4.69) is 48.6 Å². The van der Waals surface area contributed by atoms with Crippen LogP contribution in [0.3, 0.4) is 0 Å². The lowest BCUT2D eigenvalue weighted by Crippen LogP contribution is -2.14. The summed E-state index contributed by atoms with van der Waals surface area (Å²) in [5, 5.41) is 7.52. The maximum Gasteiger partial charge on any atom is 0.411 e. The number of fused-ring (bicyclic) bond motifs is 5. The van der Waals surface area contributed by atoms with Crippen molar-refractivity contribution in [2.45, 2.75) is 19.8 Å². The molecule has 0 aliphatic carbocycles. The van der Waals surface area contributed by atoms with Crippen molar-refractivity contribution in [1.29, 1.82) is 0 Å². The van der Waals surface area contributed by atoms with Gasteiger partial charge in [-0.2, -0.15) is 0 Å². The first-order valence-corrected chi connectivity index (χ1v) is 9.36. The zero-order valence-electron chi connectivity index (χ0n) is 14.0. The molecule has 4 rings (SSSR count). The molecule has 0 aliphatic heterocycles. The van der Waals surface area contributed by atoms with E-state index in [0.717, 1.165) is 29.3 Å². The molecule has 0 saturated heterocycles. The number of amides is 1. The molecule has 25 heavy (non-hydrogen) atoms. The average molecular weight is 349 g/mol. The van der Waals surface area contributed by atoms with E-state index in [-0.39, 0.29) is 0 Å². The molecular formula is C21H19NO2S. The van der Waals surface area contributed by atoms with Crippen molar-refractivity contribution in [3.63, 3.8) is 0 Å². The summed E-state index contributed by atoms with van der Waals surface area (Å²) in [6.07, 6.45) is 1.49. The van der Waals surface area contributed by atoms with Crippen LogP contribution >= 0.6 is 11.3 Å². The van der Waals surface area contributed by atoms with Crippen molar-refractivity contribution in [2.75, 3.05) is 11.9 Å². The molecule has 1 N–H and O–H groups in total. The lowest BCUT2D eigenvalue weighted by molar-refractivity contribution is 0.160. The number of anilines is 1. The van der Waals surface area contributed by atoms with Crippen LogP contribution < -0.4 is 5.32 Å². The summed E-state index contributed by atoms with van der Waals surface area (Å²) in [6.45, 7) is 2.52. The molecule has 3 aromatic carbocycles. The van der Waals surface area contributed by atoms with Crippen LogP contribution in [0.25, 0.3) is 30.9 Å². The monoisotopic (exact) mass is 349 g/mol. The highest BCUT2D eigenvalue weighted by atomic mass is 32.1. The van der Waals surface area contributed by atoms with Gasteiger partial charge in [0.15, 0.2) is 0 Å². The number of ether oxygens (including phenoxy) is 1. The van der Waals surface area contributed by atoms with Gasteiger partial charge in [0.05, 0.1) is 12.3 Å². The van der Waals surface area contributed by atoms with Gasteiger partial charge < -0.3 is 4.74 Å². The van der Waals surface area contributed by atoms with E-state index in [9.17, 15) is 4.79 Å². The number of nitrogens with one attached hydrogen (secondary N) is 1. The first kappa shape index (κ1) is 15.9. The van der Waals surface area contributed by atoms with E-state index in [4.69, 9.17) is 4.74 Å². The Morgan fingerprint density at radius 1 is 1.00 bits per heavy atom. The highest BCUT2D eigenvalue weighted by Crippen LogP contribution is 2.41. The molecule has 0 fully saturated rings. The molecule has 0 aliphatic rings. The summed E-state index contributed by atoms with van der Waals surface area (Å²) in [6, 6.07) is 18.6. The van der Waals surface area contributed by atoms with Gasteiger partial charge >= 0.3 is 6.09 Å². The number of carbonyl (C=O) groups is 1. The molecule has 1 aromatic heterocycles. The van der Waals surface area contributed by atoms with Gasteiger partial charge in [-0.1, -0.05) is 55.8 Å². The van der Waals surface area contributed by atoms with Crippen LogP contribution in [0.15, 0.2) is 54.6 Å². The standard InChI is InChI=1S/C21H19NO2S/c1-2-3-12-24-21(23)22-18-13-17-15-9-6-7-11-19(15)25-20(17)16-10-5-4-8-14(16)18/h4-11,13H,2-3,12H2,1H3,(H,22,23). The van der Waals surface area contributed by atoms with Gasteiger partial charge in [0, 0.05) is 30.9 Å². The molecule has 4 heteroatoms. The fourth-order valence-electron chi connectivity index (χ4n) is 3.11. The Hall–Kier alpha value is -2.59. The maximum absolute atomic E-state index is 12.1. The van der Waals surface area contributed by atoms with E-state index >= 15 is 0 Å². The number of thiophene rings is 1. The molecule has 126 valence electrons. The zero-order valence-corrected chi connectivity index (χ0v) is 14.9. The van der Waals surface area contributed by atoms with Crippen LogP contribution in [0.5, 0.6) is 0 Å². The summed E-state index contributed by atoms with van der Waals surface area (Å²) in [4.78, 5) is 12.1. The lowest BCUT2D eigenvalue weighted by Gasteiger charge is -2.10. The fraction of sp³-hybridized carbons (Fsp3) is 0.190. The first-order chi connectivity index (χ1) is 12.3. The molecule has 0 atom stereocenters. The third-order valence-electron chi connectivity index (χ3n) is 4.35. The lowest BCUT2D eigenvalue weighted by atomic mass is 10.0. The summed E-state index contributed by atoms with van der Waals surface area (Å²) in [7, 11) is 0. The quantitative estimate of drug-likeness (QED) is 0.424. The normalized spacial score (nSPS) is 11.2. The SMILES string of the molecule is CCCCOC(=O)Nc1cc2c3ccccc3sc2c2ccccc12. The minimum atomic E-state index is -0.391. The molecule has 0 saturated carbocycles. The topological polar surface area (TPSA) is 38.3 Å². The second-order valence-corrected chi connectivity index (χ2v) is 7.11. The number of hydrogen-bond donors (Lipinski definition) is 1. The number of benzene rings is 3. The Kier molecular flexibility index (Phi) is 4.28. The largest absolute Gasteiger partial charge is 0.449 e. The summed E-state index contributed by atoms with van der Waals surface area (Å²) in [5.41, 5.74) is 0.799. The minimum Gasteiger partial charge on any atom is -0.449 e. The fourth-order valence-corrected chi connectivity index (χ4v) is 4.33. The third kappa shape index (κ3) is 2.94. The van der Waals surface area contributed by atoms with Crippen LogP contribution in [-0.2, 0) is 4.74 Å². The first-order valence-electron chi connectivity index (χ1n) is 8.54. The maximum atomic E-state index is 12.1. The Balaban J connectivity index is 1.84. The number of unbranched alkanes of at least 4 members (excludes halogenated alkanes) is 1. The molecular weight excluding hydrogens is 330 g/mol. The van der Waals surface area contributed by atoms with Crippen molar-refractivity contribution >= 4 is 54.1 Å². The van der Waals surface area contributed by atoms with Gasteiger partial charge in [-0.25, -0.2) is 4.79 Å². The predicted molar refractivity (Wildman–Crippen MR) is 107 cm³/mol. The van der Waals surface area contributed by atoms with Gasteiger partial charge in [-0.3, -0.25) is 5.32 Å². The zero-order chi connectivity index (χ0) is 17.2. The van der Waals surface area contributed by atoms with Crippen LogP contribution in [0.2, 0.25) is 0 Å². The molecule has 0 radical (unpaired) electrons. The van der Waals surface area contributed by atoms with Crippen molar-refractivity contribution in [3.8, 4) is 0 Å². The highest BCUT2D eigenvalue weighted by molar-refractivity contribution is 7.26. The predicted octanol–water partition coefficient (Wildman–Crippen LogP) is 6.56. The van der Waals surface area contributed by atoms with E-state index in [1.54, 1.807) is 11.3 Å². The van der Waals surface area contributed by atoms with Crippen LogP contribution in [0.4, 0.5) is 10.5 Å². The Labute approximate surface area is 150 Å². The summed E-state index contributed by atoms with van der Waals surface area (Å²) < 4.78 is 7.78. The van der Waals surface area contributed by atoms with Crippen molar-refractivity contribution < 1.29 is 9.53 Å². The molecule has 4 aromatic rings. The smallest absolute Gasteiger partial charge is 0.411 e. The van der Waals surface area contributed by atoms with Gasteiger partial charge in [0.25, 0.3) is 0 Å². The molecule has 3 nitrogen and oxygen atoms in total. The van der Waals surface area contributed by atoms with Crippen molar-refractivity contribution in [3.05, 3.63) is 54.6 Å². The van der Waals surface area contributed by atoms with Gasteiger partial charge in [0.2, 0.25) is 0 Å². The second kappa shape index (κ2) is 6.73. The number of carbonyl (C=O) groups excluding carboxylic acids is 1. The van der Waals surface area contributed by atoms with E-state index in [0.29, 0.717) is 6.61 Å². The third-order valence-corrected chi connectivity index (χ3v) is 5.57. The van der Waals surface area contributed by atoms with Crippen LogP contribution in [0, 0.1) is 0 Å². The Morgan fingerprint density at radius 3 is 2.52 bits per heavy atom.